The molecule has 2 aromatic carbocycles. The summed E-state index contributed by atoms with van der Waals surface area (Å²) in [4.78, 5) is 17.4. The van der Waals surface area contributed by atoms with Crippen molar-refractivity contribution in [1.82, 2.24) is 4.98 Å². The number of benzene rings is 2. The van der Waals surface area contributed by atoms with Crippen LogP contribution in [0, 0.1) is 28.6 Å². The first-order valence-corrected chi connectivity index (χ1v) is 11.3. The smallest absolute Gasteiger partial charge is 0.312 e. The second-order valence-corrected chi connectivity index (χ2v) is 9.19. The molecule has 0 fully saturated rings. The zero-order chi connectivity index (χ0) is 24.2. The van der Waals surface area contributed by atoms with Crippen LogP contribution in [-0.2, 0) is 4.79 Å². The number of carboxylic acid groups (broad SMARTS) is 1. The van der Waals surface area contributed by atoms with E-state index in [9.17, 15) is 15.2 Å². The lowest BCUT2D eigenvalue weighted by atomic mass is 9.59. The van der Waals surface area contributed by atoms with E-state index in [4.69, 9.17) is 27.9 Å². The minimum atomic E-state index is -1.52. The summed E-state index contributed by atoms with van der Waals surface area (Å²) < 4.78 is 5.91. The minimum absolute atomic E-state index is 0.0434. The molecule has 0 saturated heterocycles. The third kappa shape index (κ3) is 4.83. The number of rotatable bonds is 8. The van der Waals surface area contributed by atoms with E-state index in [0.717, 1.165) is 0 Å². The Morgan fingerprint density at radius 2 is 1.76 bits per heavy atom. The van der Waals surface area contributed by atoms with Crippen LogP contribution in [0.15, 0.2) is 71.2 Å². The number of aliphatic carboxylic acids is 1. The van der Waals surface area contributed by atoms with E-state index in [1.54, 1.807) is 39.0 Å². The van der Waals surface area contributed by atoms with Crippen LogP contribution in [-0.4, -0.2) is 16.1 Å². The van der Waals surface area contributed by atoms with Crippen LogP contribution in [0.2, 0.25) is 0 Å². The summed E-state index contributed by atoms with van der Waals surface area (Å²) in [5, 5.41) is 21.6. The maximum atomic E-state index is 12.9. The first-order chi connectivity index (χ1) is 15.7. The number of fused-ring (bicyclic) bond motifs is 1. The lowest BCUT2D eigenvalue weighted by Gasteiger charge is -2.41. The molecule has 1 aromatic heterocycles. The summed E-state index contributed by atoms with van der Waals surface area (Å²) in [5.41, 5.74) is -0.392. The van der Waals surface area contributed by atoms with Crippen LogP contribution in [0.1, 0.15) is 32.3 Å². The number of allylic oxidation sites excluding steroid dienone is 1. The van der Waals surface area contributed by atoms with Gasteiger partial charge in [0.2, 0.25) is 5.88 Å². The molecule has 0 aliphatic rings. The number of carbonyl (C=O) groups is 1. The van der Waals surface area contributed by atoms with Crippen molar-refractivity contribution in [3.63, 3.8) is 0 Å². The van der Waals surface area contributed by atoms with Gasteiger partial charge < -0.3 is 9.84 Å². The summed E-state index contributed by atoms with van der Waals surface area (Å²) in [5.74, 6) is -2.36. The maximum Gasteiger partial charge on any atom is 0.312 e. The van der Waals surface area contributed by atoms with E-state index in [2.05, 4.69) is 11.1 Å². The van der Waals surface area contributed by atoms with E-state index in [1.807, 2.05) is 42.5 Å². The van der Waals surface area contributed by atoms with Gasteiger partial charge in [0.05, 0.1) is 22.9 Å². The molecule has 1 heterocycles. The van der Waals surface area contributed by atoms with Gasteiger partial charge in [0.25, 0.3) is 0 Å². The van der Waals surface area contributed by atoms with Crippen LogP contribution in [0.3, 0.4) is 0 Å². The van der Waals surface area contributed by atoms with Crippen molar-refractivity contribution in [2.75, 3.05) is 0 Å². The predicted molar refractivity (Wildman–Crippen MR) is 130 cm³/mol. The highest BCUT2D eigenvalue weighted by molar-refractivity contribution is 6.55. The minimum Gasteiger partial charge on any atom is -0.481 e. The molecule has 3 aromatic rings. The molecule has 0 amide bonds. The summed E-state index contributed by atoms with van der Waals surface area (Å²) in [6, 6.07) is 20.4. The monoisotopic (exact) mass is 482 g/mol. The molecule has 170 valence electrons. The van der Waals surface area contributed by atoms with E-state index >= 15 is 0 Å². The number of hydrogen-bond acceptors (Lipinski definition) is 4. The summed E-state index contributed by atoms with van der Waals surface area (Å²) in [7, 11) is 0. The van der Waals surface area contributed by atoms with Crippen molar-refractivity contribution < 1.29 is 14.6 Å². The van der Waals surface area contributed by atoms with Gasteiger partial charge in [-0.25, -0.2) is 4.98 Å². The molecule has 7 heteroatoms. The van der Waals surface area contributed by atoms with Crippen LogP contribution in [0.5, 0.6) is 11.6 Å². The SMILES string of the molecule is CC(C)C(C(=O)O)(C(C)C=C(Cl)Cl)C(C#N)c1cc(Oc2ccccc2)nc2ccccc12. The Labute approximate surface area is 203 Å². The summed E-state index contributed by atoms with van der Waals surface area (Å²) >= 11 is 11.8. The van der Waals surface area contributed by atoms with Gasteiger partial charge in [0.1, 0.15) is 10.2 Å². The maximum absolute atomic E-state index is 12.9. The second-order valence-electron chi connectivity index (χ2n) is 8.18. The molecule has 0 saturated carbocycles. The summed E-state index contributed by atoms with van der Waals surface area (Å²) in [6.45, 7) is 5.29. The van der Waals surface area contributed by atoms with Crippen LogP contribution in [0.4, 0.5) is 0 Å². The van der Waals surface area contributed by atoms with Crippen molar-refractivity contribution >= 4 is 40.1 Å². The van der Waals surface area contributed by atoms with E-state index in [-0.39, 0.29) is 10.4 Å². The van der Waals surface area contributed by atoms with E-state index in [1.165, 1.54) is 6.08 Å². The van der Waals surface area contributed by atoms with Gasteiger partial charge in [0, 0.05) is 11.5 Å². The molecule has 0 radical (unpaired) electrons. The number of nitrogens with zero attached hydrogens (tertiary/aromatic N) is 2. The number of ether oxygens (including phenoxy) is 1. The fourth-order valence-corrected chi connectivity index (χ4v) is 4.90. The number of carboxylic acids is 1. The Morgan fingerprint density at radius 1 is 1.12 bits per heavy atom. The lowest BCUT2D eigenvalue weighted by molar-refractivity contribution is -0.155. The Morgan fingerprint density at radius 3 is 2.33 bits per heavy atom. The molecule has 0 aliphatic carbocycles. The first kappa shape index (κ1) is 24.6. The Kier molecular flexibility index (Phi) is 7.63. The van der Waals surface area contributed by atoms with Crippen molar-refractivity contribution in [3.05, 3.63) is 76.8 Å². The second kappa shape index (κ2) is 10.2. The molecular formula is C26H24Cl2N2O3. The third-order valence-corrected chi connectivity index (χ3v) is 6.32. The zero-order valence-electron chi connectivity index (χ0n) is 18.5. The van der Waals surface area contributed by atoms with Gasteiger partial charge in [-0.15, -0.1) is 0 Å². The highest BCUT2D eigenvalue weighted by atomic mass is 35.5. The van der Waals surface area contributed by atoms with Crippen LogP contribution < -0.4 is 4.74 Å². The quantitative estimate of drug-likeness (QED) is 0.363. The molecule has 1 N–H and O–H groups in total. The highest BCUT2D eigenvalue weighted by Crippen LogP contribution is 2.51. The van der Waals surface area contributed by atoms with Crippen molar-refractivity contribution in [3.8, 4) is 17.7 Å². The Balaban J connectivity index is 2.29. The number of hydrogen-bond donors (Lipinski definition) is 1. The topological polar surface area (TPSA) is 83.2 Å². The van der Waals surface area contributed by atoms with Gasteiger partial charge in [-0.1, -0.05) is 86.4 Å². The first-order valence-electron chi connectivity index (χ1n) is 10.5. The van der Waals surface area contributed by atoms with E-state index < -0.39 is 29.1 Å². The molecule has 5 nitrogen and oxygen atoms in total. The molecule has 3 atom stereocenters. The Bertz CT molecular complexity index is 1220. The predicted octanol–water partition coefficient (Wildman–Crippen LogP) is 7.32. The van der Waals surface area contributed by atoms with Crippen molar-refractivity contribution in [2.45, 2.75) is 26.7 Å². The molecule has 33 heavy (non-hydrogen) atoms. The zero-order valence-corrected chi connectivity index (χ0v) is 20.0. The lowest BCUT2D eigenvalue weighted by Crippen LogP contribution is -2.46. The van der Waals surface area contributed by atoms with Gasteiger partial charge in [0.15, 0.2) is 0 Å². The standard InChI is InChI=1S/C26H24Cl2N2O3/c1-16(2)26(25(31)32,17(3)13-23(27)28)21(15-29)20-14-24(33-18-9-5-4-6-10-18)30-22-12-8-7-11-19(20)22/h4-14,16-17,21H,1-3H3,(H,31,32). The van der Waals surface area contributed by atoms with Crippen LogP contribution in [0.25, 0.3) is 10.9 Å². The molecule has 3 rings (SSSR count). The van der Waals surface area contributed by atoms with Gasteiger partial charge in [-0.2, -0.15) is 5.26 Å². The number of aromatic nitrogens is 1. The average Bonchev–Trinajstić information content (AvgIpc) is 2.76. The molecular weight excluding hydrogens is 459 g/mol. The summed E-state index contributed by atoms with van der Waals surface area (Å²) in [6.07, 6.45) is 1.48. The molecule has 0 aliphatic heterocycles. The number of nitriles is 1. The Hall–Kier alpha value is -3.07. The van der Waals surface area contributed by atoms with Gasteiger partial charge in [-0.05, 0) is 35.6 Å². The van der Waals surface area contributed by atoms with Crippen molar-refractivity contribution in [1.29, 1.82) is 5.26 Å². The highest BCUT2D eigenvalue weighted by Gasteiger charge is 2.53. The fraction of sp³-hybridized carbons (Fsp3) is 0.269. The molecule has 0 spiro atoms. The van der Waals surface area contributed by atoms with Gasteiger partial charge >= 0.3 is 5.97 Å². The number of pyridine rings is 1. The average molecular weight is 483 g/mol. The molecule has 0 bridgehead atoms. The van der Waals surface area contributed by atoms with Gasteiger partial charge in [-0.3, -0.25) is 4.79 Å². The number of para-hydroxylation sites is 2. The molecule has 3 unspecified atom stereocenters. The fourth-order valence-electron chi connectivity index (χ4n) is 4.53. The number of halogens is 2. The van der Waals surface area contributed by atoms with Crippen LogP contribution >= 0.6 is 23.2 Å². The van der Waals surface area contributed by atoms with E-state index in [0.29, 0.717) is 22.2 Å². The third-order valence-electron chi connectivity index (χ3n) is 6.06. The largest absolute Gasteiger partial charge is 0.481 e. The van der Waals surface area contributed by atoms with Crippen molar-refractivity contribution in [2.24, 2.45) is 17.3 Å². The normalized spacial score (nSPS) is 14.7.